The van der Waals surface area contributed by atoms with Gasteiger partial charge in [0.2, 0.25) is 11.8 Å². The highest BCUT2D eigenvalue weighted by molar-refractivity contribution is 5.79. The molecule has 0 spiro atoms. The van der Waals surface area contributed by atoms with Gasteiger partial charge in [0.05, 0.1) is 6.54 Å². The Labute approximate surface area is 184 Å². The molecule has 0 aromatic heterocycles. The van der Waals surface area contributed by atoms with E-state index in [1.807, 2.05) is 49.1 Å². The molecule has 166 valence electrons. The van der Waals surface area contributed by atoms with Crippen molar-refractivity contribution < 1.29 is 14.0 Å². The van der Waals surface area contributed by atoms with Gasteiger partial charge in [0.15, 0.2) is 0 Å². The molecule has 2 aromatic carbocycles. The van der Waals surface area contributed by atoms with Gasteiger partial charge in [-0.2, -0.15) is 0 Å². The summed E-state index contributed by atoms with van der Waals surface area (Å²) in [4.78, 5) is 29.5. The van der Waals surface area contributed by atoms with Gasteiger partial charge in [-0.25, -0.2) is 4.39 Å². The monoisotopic (exact) mass is 425 g/mol. The number of piperidine rings is 1. The molecule has 6 heteroatoms. The first-order valence-corrected chi connectivity index (χ1v) is 11.0. The highest BCUT2D eigenvalue weighted by atomic mass is 19.1. The predicted octanol–water partition coefficient (Wildman–Crippen LogP) is 3.59. The number of halogens is 1. The van der Waals surface area contributed by atoms with Crippen molar-refractivity contribution in [1.29, 1.82) is 0 Å². The molecule has 0 radical (unpaired) electrons. The maximum Gasteiger partial charge on any atom is 0.237 e. The molecule has 1 saturated heterocycles. The van der Waals surface area contributed by atoms with Crippen molar-refractivity contribution in [2.45, 2.75) is 45.8 Å². The topological polar surface area (TPSA) is 52.7 Å². The number of carbonyl (C=O) groups is 2. The van der Waals surface area contributed by atoms with E-state index in [1.165, 1.54) is 12.1 Å². The van der Waals surface area contributed by atoms with E-state index in [2.05, 4.69) is 10.2 Å². The zero-order valence-corrected chi connectivity index (χ0v) is 18.4. The first kappa shape index (κ1) is 22.9. The van der Waals surface area contributed by atoms with E-state index in [0.29, 0.717) is 19.6 Å². The van der Waals surface area contributed by atoms with Crippen LogP contribution in [0.15, 0.2) is 54.6 Å². The maximum absolute atomic E-state index is 13.0. The first-order valence-electron chi connectivity index (χ1n) is 11.0. The highest BCUT2D eigenvalue weighted by Gasteiger charge is 2.27. The fourth-order valence-corrected chi connectivity index (χ4v) is 3.91. The van der Waals surface area contributed by atoms with Crippen LogP contribution in [-0.4, -0.2) is 47.3 Å². The van der Waals surface area contributed by atoms with Crippen LogP contribution in [0, 0.1) is 11.7 Å². The van der Waals surface area contributed by atoms with Gasteiger partial charge in [-0.3, -0.25) is 14.5 Å². The molecule has 1 fully saturated rings. The number of hydrogen-bond donors (Lipinski definition) is 1. The molecule has 5 nitrogen and oxygen atoms in total. The van der Waals surface area contributed by atoms with Crippen molar-refractivity contribution in [3.63, 3.8) is 0 Å². The van der Waals surface area contributed by atoms with Crippen molar-refractivity contribution in [3.8, 4) is 0 Å². The SMILES string of the molecule is CC(C)N(Cc1ccccc1)C(=O)CN1CCC(C(=O)NCc2ccc(F)cc2)CC1. The molecular formula is C25H32FN3O2. The number of benzene rings is 2. The molecule has 1 heterocycles. The van der Waals surface area contributed by atoms with Crippen molar-refractivity contribution in [2.24, 2.45) is 5.92 Å². The third-order valence-electron chi connectivity index (χ3n) is 5.84. The van der Waals surface area contributed by atoms with Crippen LogP contribution in [-0.2, 0) is 22.7 Å². The van der Waals surface area contributed by atoms with Crippen LogP contribution < -0.4 is 5.32 Å². The molecule has 31 heavy (non-hydrogen) atoms. The summed E-state index contributed by atoms with van der Waals surface area (Å²) in [5, 5.41) is 2.95. The lowest BCUT2D eigenvalue weighted by Crippen LogP contribution is -2.47. The summed E-state index contributed by atoms with van der Waals surface area (Å²) >= 11 is 0. The minimum absolute atomic E-state index is 0.0307. The van der Waals surface area contributed by atoms with Gasteiger partial charge in [-0.15, -0.1) is 0 Å². The fraction of sp³-hybridized carbons (Fsp3) is 0.440. The average molecular weight is 426 g/mol. The molecule has 0 atom stereocenters. The lowest BCUT2D eigenvalue weighted by Gasteiger charge is -2.34. The molecule has 1 aliphatic heterocycles. The van der Waals surface area contributed by atoms with Crippen LogP contribution in [0.25, 0.3) is 0 Å². The van der Waals surface area contributed by atoms with Crippen molar-refractivity contribution in [1.82, 2.24) is 15.1 Å². The minimum atomic E-state index is -0.281. The number of likely N-dealkylation sites (tertiary alicyclic amines) is 1. The number of nitrogens with zero attached hydrogens (tertiary/aromatic N) is 2. The Kier molecular flexibility index (Phi) is 8.18. The molecule has 0 bridgehead atoms. The molecule has 2 aromatic rings. The molecular weight excluding hydrogens is 393 g/mol. The number of nitrogens with one attached hydrogen (secondary N) is 1. The van der Waals surface area contributed by atoms with E-state index in [9.17, 15) is 14.0 Å². The van der Waals surface area contributed by atoms with Crippen molar-refractivity contribution in [2.75, 3.05) is 19.6 Å². The molecule has 0 unspecified atom stereocenters. The Morgan fingerprint density at radius 1 is 1.03 bits per heavy atom. The second kappa shape index (κ2) is 11.0. The zero-order chi connectivity index (χ0) is 22.2. The van der Waals surface area contributed by atoms with Gasteiger partial charge in [0, 0.05) is 25.0 Å². The first-order chi connectivity index (χ1) is 14.9. The van der Waals surface area contributed by atoms with Crippen molar-refractivity contribution >= 4 is 11.8 Å². The fourth-order valence-electron chi connectivity index (χ4n) is 3.91. The third kappa shape index (κ3) is 6.89. The van der Waals surface area contributed by atoms with Gasteiger partial charge in [-0.05, 0) is 63.0 Å². The second-order valence-corrected chi connectivity index (χ2v) is 8.50. The van der Waals surface area contributed by atoms with E-state index >= 15 is 0 Å². The summed E-state index contributed by atoms with van der Waals surface area (Å²) < 4.78 is 13.0. The summed E-state index contributed by atoms with van der Waals surface area (Å²) in [5.74, 6) is -0.171. The van der Waals surface area contributed by atoms with Crippen LogP contribution in [0.4, 0.5) is 4.39 Å². The van der Waals surface area contributed by atoms with Crippen LogP contribution >= 0.6 is 0 Å². The van der Waals surface area contributed by atoms with Crippen LogP contribution in [0.3, 0.4) is 0 Å². The largest absolute Gasteiger partial charge is 0.352 e. The molecule has 0 saturated carbocycles. The predicted molar refractivity (Wildman–Crippen MR) is 120 cm³/mol. The minimum Gasteiger partial charge on any atom is -0.352 e. The number of rotatable bonds is 8. The Balaban J connectivity index is 1.44. The standard InChI is InChI=1S/C25H32FN3O2/c1-19(2)29(17-21-6-4-3-5-7-21)24(30)18-28-14-12-22(13-15-28)25(31)27-16-20-8-10-23(26)11-9-20/h3-11,19,22H,12-18H2,1-2H3,(H,27,31). The molecule has 1 N–H and O–H groups in total. The Bertz CT molecular complexity index is 847. The van der Waals surface area contributed by atoms with Gasteiger partial charge in [-0.1, -0.05) is 42.5 Å². The summed E-state index contributed by atoms with van der Waals surface area (Å²) in [6.45, 7) is 6.95. The summed E-state index contributed by atoms with van der Waals surface area (Å²) in [5.41, 5.74) is 2.01. The summed E-state index contributed by atoms with van der Waals surface area (Å²) in [6.07, 6.45) is 1.48. The maximum atomic E-state index is 13.0. The molecule has 2 amide bonds. The van der Waals surface area contributed by atoms with E-state index in [-0.39, 0.29) is 29.6 Å². The number of carbonyl (C=O) groups excluding carboxylic acids is 2. The van der Waals surface area contributed by atoms with Gasteiger partial charge in [0.25, 0.3) is 0 Å². The van der Waals surface area contributed by atoms with Crippen LogP contribution in [0.1, 0.15) is 37.8 Å². The zero-order valence-electron chi connectivity index (χ0n) is 18.4. The van der Waals surface area contributed by atoms with E-state index in [4.69, 9.17) is 0 Å². The summed E-state index contributed by atoms with van der Waals surface area (Å²) in [7, 11) is 0. The Hall–Kier alpha value is -2.73. The van der Waals surface area contributed by atoms with E-state index in [0.717, 1.165) is 37.1 Å². The van der Waals surface area contributed by atoms with Gasteiger partial charge < -0.3 is 10.2 Å². The highest BCUT2D eigenvalue weighted by Crippen LogP contribution is 2.18. The number of amides is 2. The van der Waals surface area contributed by atoms with E-state index < -0.39 is 0 Å². The smallest absolute Gasteiger partial charge is 0.237 e. The molecule has 1 aliphatic rings. The molecule has 0 aliphatic carbocycles. The van der Waals surface area contributed by atoms with E-state index in [1.54, 1.807) is 12.1 Å². The average Bonchev–Trinajstić information content (AvgIpc) is 2.78. The van der Waals surface area contributed by atoms with Crippen LogP contribution in [0.5, 0.6) is 0 Å². The lowest BCUT2D eigenvalue weighted by molar-refractivity contribution is -0.135. The Morgan fingerprint density at radius 2 is 1.68 bits per heavy atom. The van der Waals surface area contributed by atoms with Gasteiger partial charge in [0.1, 0.15) is 5.82 Å². The number of hydrogen-bond acceptors (Lipinski definition) is 3. The van der Waals surface area contributed by atoms with Gasteiger partial charge >= 0.3 is 0 Å². The van der Waals surface area contributed by atoms with Crippen LogP contribution in [0.2, 0.25) is 0 Å². The quantitative estimate of drug-likeness (QED) is 0.703. The normalized spacial score (nSPS) is 15.1. The Morgan fingerprint density at radius 3 is 2.29 bits per heavy atom. The second-order valence-electron chi connectivity index (χ2n) is 8.50. The lowest BCUT2D eigenvalue weighted by atomic mass is 9.95. The molecule has 3 rings (SSSR count). The van der Waals surface area contributed by atoms with Crippen molar-refractivity contribution in [3.05, 3.63) is 71.5 Å². The third-order valence-corrected chi connectivity index (χ3v) is 5.84. The summed E-state index contributed by atoms with van der Waals surface area (Å²) in [6, 6.07) is 16.3.